The minimum Gasteiger partial charge on any atom is -0.497 e. The lowest BCUT2D eigenvalue weighted by Crippen LogP contribution is -2.29. The van der Waals surface area contributed by atoms with E-state index in [9.17, 15) is 4.79 Å². The zero-order valence-corrected chi connectivity index (χ0v) is 11.6. The van der Waals surface area contributed by atoms with Crippen molar-refractivity contribution in [3.8, 4) is 11.5 Å². The van der Waals surface area contributed by atoms with Crippen LogP contribution in [0.2, 0.25) is 0 Å². The third-order valence-electron chi connectivity index (χ3n) is 2.39. The SMILES string of the molecule is CCOc1cc(OC)ccc1CNC(=O)C(C)Cl. The number of halogens is 1. The molecule has 1 N–H and O–H groups in total. The van der Waals surface area contributed by atoms with Crippen LogP contribution in [-0.2, 0) is 11.3 Å². The Bertz CT molecular complexity index is 407. The highest BCUT2D eigenvalue weighted by Crippen LogP contribution is 2.24. The zero-order chi connectivity index (χ0) is 13.5. The lowest BCUT2D eigenvalue weighted by Gasteiger charge is -2.13. The Balaban J connectivity index is 2.77. The summed E-state index contributed by atoms with van der Waals surface area (Å²) in [6, 6.07) is 5.49. The van der Waals surface area contributed by atoms with Crippen molar-refractivity contribution in [1.29, 1.82) is 0 Å². The lowest BCUT2D eigenvalue weighted by molar-refractivity contribution is -0.120. The first-order valence-electron chi connectivity index (χ1n) is 5.80. The largest absolute Gasteiger partial charge is 0.497 e. The summed E-state index contributed by atoms with van der Waals surface area (Å²) < 4.78 is 10.6. The third-order valence-corrected chi connectivity index (χ3v) is 2.59. The Morgan fingerprint density at radius 2 is 2.22 bits per heavy atom. The quantitative estimate of drug-likeness (QED) is 0.808. The van der Waals surface area contributed by atoms with Gasteiger partial charge in [0.2, 0.25) is 5.91 Å². The molecule has 0 heterocycles. The smallest absolute Gasteiger partial charge is 0.238 e. The molecule has 5 heteroatoms. The molecule has 1 rings (SSSR count). The fourth-order valence-electron chi connectivity index (χ4n) is 1.42. The van der Waals surface area contributed by atoms with Gasteiger partial charge >= 0.3 is 0 Å². The van der Waals surface area contributed by atoms with Crippen molar-refractivity contribution >= 4 is 17.5 Å². The Hall–Kier alpha value is -1.42. The molecule has 0 bridgehead atoms. The molecule has 0 radical (unpaired) electrons. The predicted molar refractivity (Wildman–Crippen MR) is 71.3 cm³/mol. The summed E-state index contributed by atoms with van der Waals surface area (Å²) in [5.41, 5.74) is 0.892. The maximum Gasteiger partial charge on any atom is 0.238 e. The fourth-order valence-corrected chi connectivity index (χ4v) is 1.50. The Morgan fingerprint density at radius 3 is 2.78 bits per heavy atom. The van der Waals surface area contributed by atoms with E-state index in [4.69, 9.17) is 21.1 Å². The molecule has 100 valence electrons. The Kier molecular flexibility index (Phi) is 5.78. The van der Waals surface area contributed by atoms with Gasteiger partial charge in [-0.15, -0.1) is 11.6 Å². The van der Waals surface area contributed by atoms with Crippen LogP contribution in [-0.4, -0.2) is 25.0 Å². The third kappa shape index (κ3) is 4.11. The maximum atomic E-state index is 11.4. The summed E-state index contributed by atoms with van der Waals surface area (Å²) in [7, 11) is 1.60. The van der Waals surface area contributed by atoms with Crippen LogP contribution in [0, 0.1) is 0 Å². The molecule has 1 atom stereocenters. The predicted octanol–water partition coefficient (Wildman–Crippen LogP) is 2.34. The van der Waals surface area contributed by atoms with Gasteiger partial charge in [0.05, 0.1) is 13.7 Å². The molecule has 4 nitrogen and oxygen atoms in total. The maximum absolute atomic E-state index is 11.4. The van der Waals surface area contributed by atoms with Gasteiger partial charge in [0.15, 0.2) is 0 Å². The summed E-state index contributed by atoms with van der Waals surface area (Å²) in [6.07, 6.45) is 0. The number of rotatable bonds is 6. The van der Waals surface area contributed by atoms with E-state index in [0.29, 0.717) is 18.9 Å². The van der Waals surface area contributed by atoms with Gasteiger partial charge in [0.1, 0.15) is 16.9 Å². The summed E-state index contributed by atoms with van der Waals surface area (Å²) in [5, 5.41) is 2.20. The van der Waals surface area contributed by atoms with Gasteiger partial charge in [-0.2, -0.15) is 0 Å². The van der Waals surface area contributed by atoms with Gasteiger partial charge in [-0.3, -0.25) is 4.79 Å². The van der Waals surface area contributed by atoms with Gasteiger partial charge in [-0.05, 0) is 26.0 Å². The van der Waals surface area contributed by atoms with Crippen molar-refractivity contribution in [3.63, 3.8) is 0 Å². The van der Waals surface area contributed by atoms with Crippen LogP contribution in [0.1, 0.15) is 19.4 Å². The second-order valence-corrected chi connectivity index (χ2v) is 4.40. The lowest BCUT2D eigenvalue weighted by atomic mass is 10.2. The van der Waals surface area contributed by atoms with E-state index in [2.05, 4.69) is 5.32 Å². The normalized spacial score (nSPS) is 11.8. The van der Waals surface area contributed by atoms with E-state index in [0.717, 1.165) is 11.3 Å². The first-order chi connectivity index (χ1) is 8.58. The summed E-state index contributed by atoms with van der Waals surface area (Å²) >= 11 is 5.68. The molecule has 1 amide bonds. The van der Waals surface area contributed by atoms with E-state index >= 15 is 0 Å². The molecule has 18 heavy (non-hydrogen) atoms. The molecular formula is C13H18ClNO3. The monoisotopic (exact) mass is 271 g/mol. The number of benzene rings is 1. The van der Waals surface area contributed by atoms with Gasteiger partial charge < -0.3 is 14.8 Å². The molecular weight excluding hydrogens is 254 g/mol. The molecule has 0 saturated carbocycles. The molecule has 0 aliphatic rings. The van der Waals surface area contributed by atoms with Gasteiger partial charge in [0, 0.05) is 18.2 Å². The van der Waals surface area contributed by atoms with Crippen molar-refractivity contribution in [2.45, 2.75) is 25.8 Å². The molecule has 1 aromatic carbocycles. The van der Waals surface area contributed by atoms with Gasteiger partial charge in [0.25, 0.3) is 0 Å². The second kappa shape index (κ2) is 7.11. The Labute approximate surface area is 112 Å². The number of nitrogens with one attached hydrogen (secondary N) is 1. The van der Waals surface area contributed by atoms with E-state index in [1.165, 1.54) is 0 Å². The number of amides is 1. The van der Waals surface area contributed by atoms with Crippen LogP contribution in [0.3, 0.4) is 0 Å². The Morgan fingerprint density at radius 1 is 1.50 bits per heavy atom. The summed E-state index contributed by atoms with van der Waals surface area (Å²) in [5.74, 6) is 1.23. The van der Waals surface area contributed by atoms with E-state index < -0.39 is 5.38 Å². The molecule has 0 saturated heterocycles. The molecule has 0 aromatic heterocycles. The molecule has 0 aliphatic heterocycles. The van der Waals surface area contributed by atoms with Crippen LogP contribution in [0.4, 0.5) is 0 Å². The highest BCUT2D eigenvalue weighted by atomic mass is 35.5. The average Bonchev–Trinajstić information content (AvgIpc) is 2.36. The zero-order valence-electron chi connectivity index (χ0n) is 10.8. The number of alkyl halides is 1. The number of carbonyl (C=O) groups is 1. The minimum atomic E-state index is -0.543. The molecule has 0 aliphatic carbocycles. The average molecular weight is 272 g/mol. The first-order valence-corrected chi connectivity index (χ1v) is 6.23. The molecule has 1 aromatic rings. The standard InChI is InChI=1S/C13H18ClNO3/c1-4-18-12-7-11(17-3)6-5-10(12)8-15-13(16)9(2)14/h5-7,9H,4,8H2,1-3H3,(H,15,16). The number of hydrogen-bond acceptors (Lipinski definition) is 3. The van der Waals surface area contributed by atoms with Crippen LogP contribution >= 0.6 is 11.6 Å². The van der Waals surface area contributed by atoms with Crippen LogP contribution in [0.15, 0.2) is 18.2 Å². The highest BCUT2D eigenvalue weighted by Gasteiger charge is 2.11. The fraction of sp³-hybridized carbons (Fsp3) is 0.462. The molecule has 0 spiro atoms. The van der Waals surface area contributed by atoms with Crippen LogP contribution in [0.5, 0.6) is 11.5 Å². The van der Waals surface area contributed by atoms with Gasteiger partial charge in [-0.25, -0.2) is 0 Å². The van der Waals surface area contributed by atoms with Crippen molar-refractivity contribution in [3.05, 3.63) is 23.8 Å². The van der Waals surface area contributed by atoms with E-state index in [1.807, 2.05) is 19.1 Å². The van der Waals surface area contributed by atoms with E-state index in [-0.39, 0.29) is 5.91 Å². The molecule has 0 fully saturated rings. The number of carbonyl (C=O) groups excluding carboxylic acids is 1. The first kappa shape index (κ1) is 14.6. The van der Waals surface area contributed by atoms with Gasteiger partial charge in [-0.1, -0.05) is 0 Å². The second-order valence-electron chi connectivity index (χ2n) is 3.74. The number of methoxy groups -OCH3 is 1. The summed E-state index contributed by atoms with van der Waals surface area (Å²) in [6.45, 7) is 4.48. The van der Waals surface area contributed by atoms with Crippen molar-refractivity contribution in [2.75, 3.05) is 13.7 Å². The number of ether oxygens (including phenoxy) is 2. The van der Waals surface area contributed by atoms with E-state index in [1.54, 1.807) is 20.1 Å². The number of hydrogen-bond donors (Lipinski definition) is 1. The van der Waals surface area contributed by atoms with Crippen molar-refractivity contribution in [2.24, 2.45) is 0 Å². The minimum absolute atomic E-state index is 0.199. The van der Waals surface area contributed by atoms with Crippen molar-refractivity contribution < 1.29 is 14.3 Å². The van der Waals surface area contributed by atoms with Crippen LogP contribution in [0.25, 0.3) is 0 Å². The highest BCUT2D eigenvalue weighted by molar-refractivity contribution is 6.30. The summed E-state index contributed by atoms with van der Waals surface area (Å²) in [4.78, 5) is 11.4. The topological polar surface area (TPSA) is 47.6 Å². The van der Waals surface area contributed by atoms with Crippen molar-refractivity contribution in [1.82, 2.24) is 5.32 Å². The molecule has 1 unspecified atom stereocenters. The van der Waals surface area contributed by atoms with Crippen LogP contribution < -0.4 is 14.8 Å².